The van der Waals surface area contributed by atoms with E-state index >= 15 is 0 Å². The molecule has 18 heavy (non-hydrogen) atoms. The fraction of sp³-hybridized carbons (Fsp3) is 0.429. The number of ether oxygens (including phenoxy) is 1. The van der Waals surface area contributed by atoms with E-state index < -0.39 is 5.41 Å². The van der Waals surface area contributed by atoms with Gasteiger partial charge in [0.2, 0.25) is 5.91 Å². The lowest BCUT2D eigenvalue weighted by molar-refractivity contribution is -0.151. The van der Waals surface area contributed by atoms with Crippen molar-refractivity contribution < 1.29 is 14.3 Å². The molecule has 4 heteroatoms. The van der Waals surface area contributed by atoms with E-state index in [0.29, 0.717) is 26.0 Å². The van der Waals surface area contributed by atoms with Gasteiger partial charge in [-0.3, -0.25) is 9.59 Å². The summed E-state index contributed by atoms with van der Waals surface area (Å²) in [6.07, 6.45) is 0.857. The van der Waals surface area contributed by atoms with Crippen LogP contribution in [0.4, 0.5) is 0 Å². The summed E-state index contributed by atoms with van der Waals surface area (Å²) in [6.45, 7) is 2.45. The van der Waals surface area contributed by atoms with E-state index in [0.717, 1.165) is 5.56 Å². The predicted molar refractivity (Wildman–Crippen MR) is 67.0 cm³/mol. The molecule has 1 unspecified atom stereocenters. The zero-order valence-electron chi connectivity index (χ0n) is 10.4. The fourth-order valence-corrected chi connectivity index (χ4v) is 2.32. The predicted octanol–water partition coefficient (Wildman–Crippen LogP) is 1.40. The van der Waals surface area contributed by atoms with Gasteiger partial charge in [0, 0.05) is 13.0 Å². The van der Waals surface area contributed by atoms with Crippen molar-refractivity contribution in [1.29, 1.82) is 0 Å². The van der Waals surface area contributed by atoms with Gasteiger partial charge in [0.15, 0.2) is 0 Å². The Kier molecular flexibility index (Phi) is 3.65. The molecule has 0 bridgehead atoms. The summed E-state index contributed by atoms with van der Waals surface area (Å²) in [7, 11) is 0. The van der Waals surface area contributed by atoms with Crippen molar-refractivity contribution in [1.82, 2.24) is 5.32 Å². The Hall–Kier alpha value is -1.84. The molecule has 2 rings (SSSR count). The third-order valence-corrected chi connectivity index (χ3v) is 3.36. The lowest BCUT2D eigenvalue weighted by Gasteiger charge is -2.35. The number of nitrogens with one attached hydrogen (secondary N) is 1. The van der Waals surface area contributed by atoms with Crippen molar-refractivity contribution in [3.8, 4) is 0 Å². The second-order valence-corrected chi connectivity index (χ2v) is 4.45. The number of carbonyl (C=O) groups is 2. The van der Waals surface area contributed by atoms with E-state index in [9.17, 15) is 9.59 Å². The average molecular weight is 247 g/mol. The quantitative estimate of drug-likeness (QED) is 0.821. The van der Waals surface area contributed by atoms with Crippen molar-refractivity contribution in [3.05, 3.63) is 35.9 Å². The molecular weight excluding hydrogens is 230 g/mol. The molecule has 96 valence electrons. The first-order chi connectivity index (χ1) is 8.69. The van der Waals surface area contributed by atoms with Crippen LogP contribution in [0.1, 0.15) is 25.3 Å². The molecule has 4 nitrogen and oxygen atoms in total. The van der Waals surface area contributed by atoms with Crippen LogP contribution in [-0.4, -0.2) is 25.0 Å². The van der Waals surface area contributed by atoms with Crippen LogP contribution in [-0.2, 0) is 19.7 Å². The zero-order chi connectivity index (χ0) is 13.0. The minimum atomic E-state index is -0.731. The van der Waals surface area contributed by atoms with E-state index in [1.807, 2.05) is 30.3 Å². The zero-order valence-corrected chi connectivity index (χ0v) is 10.4. The van der Waals surface area contributed by atoms with Crippen molar-refractivity contribution in [2.75, 3.05) is 13.2 Å². The number of hydrogen-bond donors (Lipinski definition) is 1. The van der Waals surface area contributed by atoms with Gasteiger partial charge in [-0.1, -0.05) is 30.3 Å². The van der Waals surface area contributed by atoms with Crippen LogP contribution in [0.25, 0.3) is 0 Å². The molecule has 1 aliphatic heterocycles. The molecule has 1 aromatic rings. The summed E-state index contributed by atoms with van der Waals surface area (Å²) in [6, 6.07) is 9.52. The maximum Gasteiger partial charge on any atom is 0.318 e. The molecule has 0 aliphatic carbocycles. The normalized spacial score (nSPS) is 23.3. The van der Waals surface area contributed by atoms with Gasteiger partial charge in [-0.05, 0) is 18.9 Å². The Bertz CT molecular complexity index is 432. The Morgan fingerprint density at radius 2 is 2.11 bits per heavy atom. The van der Waals surface area contributed by atoms with Crippen LogP contribution in [0.2, 0.25) is 0 Å². The first kappa shape index (κ1) is 12.6. The SMILES string of the molecule is CCOC(=O)C1(c2ccccc2)CCC(=O)NC1. The number of piperidine rings is 1. The molecule has 1 heterocycles. The van der Waals surface area contributed by atoms with Crippen LogP contribution < -0.4 is 5.32 Å². The Balaban J connectivity index is 2.34. The minimum Gasteiger partial charge on any atom is -0.465 e. The highest BCUT2D eigenvalue weighted by Gasteiger charge is 2.44. The van der Waals surface area contributed by atoms with E-state index in [1.54, 1.807) is 6.92 Å². The number of hydrogen-bond acceptors (Lipinski definition) is 3. The number of benzene rings is 1. The van der Waals surface area contributed by atoms with Crippen LogP contribution >= 0.6 is 0 Å². The van der Waals surface area contributed by atoms with E-state index in [2.05, 4.69) is 5.32 Å². The summed E-state index contributed by atoms with van der Waals surface area (Å²) in [5.41, 5.74) is 0.175. The van der Waals surface area contributed by atoms with Gasteiger partial charge < -0.3 is 10.1 Å². The summed E-state index contributed by atoms with van der Waals surface area (Å²) in [5, 5.41) is 2.77. The van der Waals surface area contributed by atoms with Gasteiger partial charge in [0.05, 0.1) is 6.61 Å². The maximum absolute atomic E-state index is 12.3. The molecule has 1 atom stereocenters. The van der Waals surface area contributed by atoms with Gasteiger partial charge in [-0.2, -0.15) is 0 Å². The number of amides is 1. The first-order valence-electron chi connectivity index (χ1n) is 6.18. The van der Waals surface area contributed by atoms with Crippen LogP contribution in [0.5, 0.6) is 0 Å². The molecule has 1 N–H and O–H groups in total. The minimum absolute atomic E-state index is 0.00847. The third-order valence-electron chi connectivity index (χ3n) is 3.36. The summed E-state index contributed by atoms with van der Waals surface area (Å²) in [4.78, 5) is 23.6. The second-order valence-electron chi connectivity index (χ2n) is 4.45. The molecule has 1 amide bonds. The van der Waals surface area contributed by atoms with Crippen LogP contribution in [0, 0.1) is 0 Å². The van der Waals surface area contributed by atoms with Crippen molar-refractivity contribution >= 4 is 11.9 Å². The summed E-state index contributed by atoms with van der Waals surface area (Å²) in [5.74, 6) is -0.262. The Labute approximate surface area is 106 Å². The maximum atomic E-state index is 12.3. The largest absolute Gasteiger partial charge is 0.465 e. The highest BCUT2D eigenvalue weighted by molar-refractivity contribution is 5.88. The lowest BCUT2D eigenvalue weighted by Crippen LogP contribution is -2.51. The molecule has 0 saturated carbocycles. The summed E-state index contributed by atoms with van der Waals surface area (Å²) < 4.78 is 5.18. The van der Waals surface area contributed by atoms with Crippen molar-refractivity contribution in [2.24, 2.45) is 0 Å². The number of rotatable bonds is 3. The van der Waals surface area contributed by atoms with Gasteiger partial charge >= 0.3 is 5.97 Å². The Morgan fingerprint density at radius 3 is 2.67 bits per heavy atom. The highest BCUT2D eigenvalue weighted by atomic mass is 16.5. The molecule has 0 spiro atoms. The number of esters is 1. The van der Waals surface area contributed by atoms with Crippen LogP contribution in [0.15, 0.2) is 30.3 Å². The summed E-state index contributed by atoms with van der Waals surface area (Å²) >= 11 is 0. The van der Waals surface area contributed by atoms with E-state index in [-0.39, 0.29) is 11.9 Å². The topological polar surface area (TPSA) is 55.4 Å². The van der Waals surface area contributed by atoms with Crippen molar-refractivity contribution in [2.45, 2.75) is 25.2 Å². The van der Waals surface area contributed by atoms with Gasteiger partial charge in [-0.15, -0.1) is 0 Å². The molecule has 0 radical (unpaired) electrons. The molecule has 1 fully saturated rings. The van der Waals surface area contributed by atoms with E-state index in [4.69, 9.17) is 4.74 Å². The standard InChI is InChI=1S/C14H17NO3/c1-2-18-13(17)14(9-8-12(16)15-10-14)11-6-4-3-5-7-11/h3-7H,2,8-10H2,1H3,(H,15,16). The van der Waals surface area contributed by atoms with Gasteiger partial charge in [0.25, 0.3) is 0 Å². The molecule has 1 aliphatic rings. The molecular formula is C14H17NO3. The first-order valence-corrected chi connectivity index (χ1v) is 6.18. The molecule has 1 aromatic carbocycles. The number of carbonyl (C=O) groups excluding carboxylic acids is 2. The van der Waals surface area contributed by atoms with Gasteiger partial charge in [-0.25, -0.2) is 0 Å². The smallest absolute Gasteiger partial charge is 0.318 e. The van der Waals surface area contributed by atoms with Crippen molar-refractivity contribution in [3.63, 3.8) is 0 Å². The fourth-order valence-electron chi connectivity index (χ4n) is 2.32. The van der Waals surface area contributed by atoms with E-state index in [1.165, 1.54) is 0 Å². The monoisotopic (exact) mass is 247 g/mol. The lowest BCUT2D eigenvalue weighted by atomic mass is 9.74. The molecule has 1 saturated heterocycles. The highest BCUT2D eigenvalue weighted by Crippen LogP contribution is 2.32. The average Bonchev–Trinajstić information content (AvgIpc) is 2.41. The third kappa shape index (κ3) is 2.23. The molecule has 0 aromatic heterocycles. The Morgan fingerprint density at radius 1 is 1.39 bits per heavy atom. The van der Waals surface area contributed by atoms with Gasteiger partial charge in [0.1, 0.15) is 5.41 Å². The van der Waals surface area contributed by atoms with Crippen LogP contribution in [0.3, 0.4) is 0 Å². The second kappa shape index (κ2) is 5.21.